The van der Waals surface area contributed by atoms with Crippen LogP contribution in [0.2, 0.25) is 0 Å². The van der Waals surface area contributed by atoms with Gasteiger partial charge in [-0.05, 0) is 69.6 Å². The third-order valence-electron chi connectivity index (χ3n) is 7.93. The van der Waals surface area contributed by atoms with Gasteiger partial charge in [0.25, 0.3) is 0 Å². The summed E-state index contributed by atoms with van der Waals surface area (Å²) in [6, 6.07) is 0. The van der Waals surface area contributed by atoms with Crippen LogP contribution in [0.3, 0.4) is 0 Å². The second-order valence-corrected chi connectivity index (χ2v) is 9.22. The van der Waals surface area contributed by atoms with Crippen LogP contribution in [0.5, 0.6) is 0 Å². The third kappa shape index (κ3) is 2.89. The monoisotopic (exact) mass is 324 g/mol. The zero-order valence-corrected chi connectivity index (χ0v) is 15.6. The van der Waals surface area contributed by atoms with Gasteiger partial charge in [0, 0.05) is 5.41 Å². The van der Waals surface area contributed by atoms with Gasteiger partial charge in [0.15, 0.2) is 0 Å². The highest BCUT2D eigenvalue weighted by Crippen LogP contribution is 2.64. The van der Waals surface area contributed by atoms with Gasteiger partial charge in [0.05, 0.1) is 17.3 Å². The minimum Gasteiger partial charge on any atom is -0.390 e. The summed E-state index contributed by atoms with van der Waals surface area (Å²) in [5.41, 5.74) is -2.10. The Morgan fingerprint density at radius 1 is 1.22 bits per heavy atom. The maximum atomic E-state index is 11.1. The molecule has 2 saturated carbocycles. The Hall–Kier alpha value is -0.380. The van der Waals surface area contributed by atoms with Crippen molar-refractivity contribution in [1.82, 2.24) is 0 Å². The molecule has 0 saturated heterocycles. The van der Waals surface area contributed by atoms with Crippen molar-refractivity contribution in [3.63, 3.8) is 0 Å². The summed E-state index contributed by atoms with van der Waals surface area (Å²) in [4.78, 5) is 0. The maximum Gasteiger partial charge on any atom is 0.0933 e. The van der Waals surface area contributed by atoms with Crippen molar-refractivity contribution in [2.45, 2.75) is 90.4 Å². The molecule has 0 amide bonds. The van der Waals surface area contributed by atoms with E-state index in [-0.39, 0.29) is 10.8 Å². The molecule has 23 heavy (non-hydrogen) atoms. The van der Waals surface area contributed by atoms with Crippen LogP contribution >= 0.6 is 0 Å². The summed E-state index contributed by atoms with van der Waals surface area (Å²) >= 11 is 0. The number of hydrogen-bond donors (Lipinski definition) is 3. The molecule has 0 unspecified atom stereocenters. The molecule has 3 N–H and O–H groups in total. The summed E-state index contributed by atoms with van der Waals surface area (Å²) in [6.07, 6.45) is 6.22. The molecule has 0 bridgehead atoms. The van der Waals surface area contributed by atoms with E-state index in [4.69, 9.17) is 0 Å². The van der Waals surface area contributed by atoms with Crippen molar-refractivity contribution in [2.75, 3.05) is 0 Å². The van der Waals surface area contributed by atoms with Gasteiger partial charge in [-0.25, -0.2) is 0 Å². The minimum absolute atomic E-state index is 0.0597. The van der Waals surface area contributed by atoms with Crippen LogP contribution in [0.4, 0.5) is 0 Å². The van der Waals surface area contributed by atoms with Crippen LogP contribution in [0.1, 0.15) is 73.1 Å². The molecule has 0 radical (unpaired) electrons. The van der Waals surface area contributed by atoms with Gasteiger partial charge >= 0.3 is 0 Å². The van der Waals surface area contributed by atoms with E-state index < -0.39 is 17.3 Å². The van der Waals surface area contributed by atoms with E-state index >= 15 is 0 Å². The van der Waals surface area contributed by atoms with E-state index in [0.29, 0.717) is 24.7 Å². The maximum absolute atomic E-state index is 11.1. The number of aliphatic hydroxyl groups excluding tert-OH is 1. The molecule has 0 heterocycles. The van der Waals surface area contributed by atoms with E-state index in [2.05, 4.69) is 27.4 Å². The molecular formula is C20H36O3. The highest BCUT2D eigenvalue weighted by Gasteiger charge is 2.62. The Morgan fingerprint density at radius 3 is 2.39 bits per heavy atom. The topological polar surface area (TPSA) is 60.7 Å². The smallest absolute Gasteiger partial charge is 0.0933 e. The lowest BCUT2D eigenvalue weighted by Crippen LogP contribution is -2.65. The van der Waals surface area contributed by atoms with E-state index in [1.54, 1.807) is 6.08 Å². The van der Waals surface area contributed by atoms with Crippen LogP contribution in [-0.4, -0.2) is 32.6 Å². The highest BCUT2D eigenvalue weighted by atomic mass is 16.3. The lowest BCUT2D eigenvalue weighted by atomic mass is 9.43. The zero-order valence-electron chi connectivity index (χ0n) is 15.6. The van der Waals surface area contributed by atoms with Crippen molar-refractivity contribution < 1.29 is 15.3 Å². The Kier molecular flexibility index (Phi) is 4.83. The van der Waals surface area contributed by atoms with Gasteiger partial charge in [-0.1, -0.05) is 26.8 Å². The molecule has 134 valence electrons. The Labute approximate surface area is 141 Å². The van der Waals surface area contributed by atoms with Crippen LogP contribution in [0.15, 0.2) is 12.7 Å². The number of rotatable bonds is 4. The number of aliphatic hydroxyl groups is 3. The molecule has 2 aliphatic rings. The minimum atomic E-state index is -1.04. The van der Waals surface area contributed by atoms with Gasteiger partial charge in [0.2, 0.25) is 0 Å². The summed E-state index contributed by atoms with van der Waals surface area (Å²) < 4.78 is 0. The molecule has 0 aromatic heterocycles. The van der Waals surface area contributed by atoms with Gasteiger partial charge < -0.3 is 15.3 Å². The first-order chi connectivity index (χ1) is 10.4. The average molecular weight is 325 g/mol. The normalized spacial score (nSPS) is 50.0. The van der Waals surface area contributed by atoms with Crippen LogP contribution in [0.25, 0.3) is 0 Å². The second-order valence-electron chi connectivity index (χ2n) is 9.22. The Balaban J connectivity index is 2.33. The third-order valence-corrected chi connectivity index (χ3v) is 7.93. The molecule has 3 heteroatoms. The predicted molar refractivity (Wildman–Crippen MR) is 94.0 cm³/mol. The van der Waals surface area contributed by atoms with E-state index in [1.807, 2.05) is 13.8 Å². The van der Waals surface area contributed by atoms with E-state index in [0.717, 1.165) is 25.7 Å². The summed E-state index contributed by atoms with van der Waals surface area (Å²) in [5, 5.41) is 31.8. The van der Waals surface area contributed by atoms with Crippen LogP contribution in [-0.2, 0) is 0 Å². The van der Waals surface area contributed by atoms with Gasteiger partial charge in [0.1, 0.15) is 0 Å². The molecule has 0 aliphatic heterocycles. The largest absolute Gasteiger partial charge is 0.390 e. The standard InChI is InChI=1S/C20H36O3/c1-7-17(3,22)12-13-18(4)14(2)10-11-19(5)15(18)8-9-16(21)20(19,6)23/h7,14-16,21-23H,1,8-13H2,2-6H3/t14-,15+,16+,17+,18-,19-,20-/m0/s1. The average Bonchev–Trinajstić information content (AvgIpc) is 2.48. The fourth-order valence-corrected chi connectivity index (χ4v) is 5.38. The van der Waals surface area contributed by atoms with Crippen molar-refractivity contribution in [3.8, 4) is 0 Å². The predicted octanol–water partition coefficient (Wildman–Crippen LogP) is 3.67. The summed E-state index contributed by atoms with van der Waals surface area (Å²) in [7, 11) is 0. The molecule has 7 atom stereocenters. The second kappa shape index (κ2) is 5.86. The van der Waals surface area contributed by atoms with Crippen molar-refractivity contribution in [1.29, 1.82) is 0 Å². The zero-order chi connectivity index (χ0) is 17.7. The molecule has 0 spiro atoms. The Morgan fingerprint density at radius 2 is 1.83 bits per heavy atom. The summed E-state index contributed by atoms with van der Waals surface area (Å²) in [5.74, 6) is 0.907. The molecule has 0 aromatic carbocycles. The first-order valence-electron chi connectivity index (χ1n) is 9.17. The van der Waals surface area contributed by atoms with E-state index in [9.17, 15) is 15.3 Å². The quantitative estimate of drug-likeness (QED) is 0.692. The SMILES string of the molecule is C=C[C@@](C)(O)CC[C@]1(C)[C@H]2CC[C@@H](O)[C@](C)(O)[C@@]2(C)CC[C@@H]1C. The Bertz CT molecular complexity index is 456. The fraction of sp³-hybridized carbons (Fsp3) is 0.900. The molecule has 2 aliphatic carbocycles. The lowest BCUT2D eigenvalue weighted by molar-refractivity contribution is -0.236. The van der Waals surface area contributed by atoms with Gasteiger partial charge in [-0.2, -0.15) is 0 Å². The summed E-state index contributed by atoms with van der Waals surface area (Å²) in [6.45, 7) is 14.2. The van der Waals surface area contributed by atoms with Crippen molar-refractivity contribution >= 4 is 0 Å². The number of hydrogen-bond acceptors (Lipinski definition) is 3. The van der Waals surface area contributed by atoms with Gasteiger partial charge in [-0.3, -0.25) is 0 Å². The number of fused-ring (bicyclic) bond motifs is 1. The van der Waals surface area contributed by atoms with Crippen molar-refractivity contribution in [2.24, 2.45) is 22.7 Å². The highest BCUT2D eigenvalue weighted by molar-refractivity contribution is 5.12. The first-order valence-corrected chi connectivity index (χ1v) is 9.17. The van der Waals surface area contributed by atoms with Crippen LogP contribution in [0, 0.1) is 22.7 Å². The molecular weight excluding hydrogens is 288 g/mol. The van der Waals surface area contributed by atoms with E-state index in [1.165, 1.54) is 0 Å². The fourth-order valence-electron chi connectivity index (χ4n) is 5.38. The molecule has 2 rings (SSSR count). The van der Waals surface area contributed by atoms with Gasteiger partial charge in [-0.15, -0.1) is 6.58 Å². The lowest BCUT2D eigenvalue weighted by Gasteiger charge is -2.64. The molecule has 3 nitrogen and oxygen atoms in total. The molecule has 0 aromatic rings. The first kappa shape index (κ1) is 19.0. The van der Waals surface area contributed by atoms with Crippen molar-refractivity contribution in [3.05, 3.63) is 12.7 Å². The van der Waals surface area contributed by atoms with Crippen LogP contribution < -0.4 is 0 Å². The molecule has 2 fully saturated rings.